The summed E-state index contributed by atoms with van der Waals surface area (Å²) in [7, 11) is 1.25. The number of benzene rings is 1. The molecule has 0 unspecified atom stereocenters. The van der Waals surface area contributed by atoms with Gasteiger partial charge in [-0.25, -0.2) is 9.59 Å². The zero-order valence-corrected chi connectivity index (χ0v) is 10.0. The molecule has 4 heteroatoms. The normalized spacial score (nSPS) is 10.3. The zero-order chi connectivity index (χ0) is 12.8. The fraction of sp³-hybridized carbons (Fsp3) is 0.231. The quantitative estimate of drug-likeness (QED) is 0.457. The first-order valence-electron chi connectivity index (χ1n) is 5.07. The first-order valence-corrected chi connectivity index (χ1v) is 5.07. The molecule has 0 aliphatic heterocycles. The Bertz CT molecular complexity index is 460. The Labute approximate surface area is 99.8 Å². The number of aryl methyl sites for hydroxylation is 2. The molecule has 1 aromatic rings. The summed E-state index contributed by atoms with van der Waals surface area (Å²) in [5, 5.41) is 0. The van der Waals surface area contributed by atoms with Crippen LogP contribution in [0.5, 0.6) is 0 Å². The third kappa shape index (κ3) is 3.75. The van der Waals surface area contributed by atoms with Crippen molar-refractivity contribution in [1.29, 1.82) is 0 Å². The summed E-state index contributed by atoms with van der Waals surface area (Å²) in [4.78, 5) is 22.4. The molecule has 0 atom stereocenters. The highest BCUT2D eigenvalue weighted by Crippen LogP contribution is 2.11. The van der Waals surface area contributed by atoms with E-state index in [1.807, 2.05) is 26.0 Å². The molecule has 0 saturated heterocycles. The lowest BCUT2D eigenvalue weighted by molar-refractivity contribution is -0.134. The van der Waals surface area contributed by atoms with Gasteiger partial charge in [0.1, 0.15) is 6.26 Å². The molecule has 1 rings (SSSR count). The summed E-state index contributed by atoms with van der Waals surface area (Å²) in [5.74, 6) is -1.07. The van der Waals surface area contributed by atoms with Crippen LogP contribution >= 0.6 is 0 Å². The monoisotopic (exact) mass is 234 g/mol. The molecule has 0 bridgehead atoms. The van der Waals surface area contributed by atoms with Gasteiger partial charge in [-0.3, -0.25) is 0 Å². The Morgan fingerprint density at radius 3 is 2.53 bits per heavy atom. The molecular formula is C13H14O4. The lowest BCUT2D eigenvalue weighted by Gasteiger charge is -2.04. The predicted octanol–water partition coefficient (Wildman–Crippen LogP) is 2.15. The van der Waals surface area contributed by atoms with E-state index in [1.54, 1.807) is 6.07 Å². The van der Waals surface area contributed by atoms with Crippen molar-refractivity contribution in [1.82, 2.24) is 0 Å². The second-order valence-electron chi connectivity index (χ2n) is 3.55. The summed E-state index contributed by atoms with van der Waals surface area (Å²) >= 11 is 0. The predicted molar refractivity (Wildman–Crippen MR) is 62.5 cm³/mol. The van der Waals surface area contributed by atoms with Gasteiger partial charge in [0.05, 0.1) is 18.7 Å². The van der Waals surface area contributed by atoms with E-state index in [0.717, 1.165) is 23.5 Å². The van der Waals surface area contributed by atoms with Crippen molar-refractivity contribution in [3.05, 3.63) is 47.2 Å². The minimum Gasteiger partial charge on any atom is -0.466 e. The van der Waals surface area contributed by atoms with Crippen molar-refractivity contribution in [3.63, 3.8) is 0 Å². The van der Waals surface area contributed by atoms with Gasteiger partial charge < -0.3 is 9.47 Å². The number of hydrogen-bond acceptors (Lipinski definition) is 4. The maximum atomic E-state index is 11.6. The van der Waals surface area contributed by atoms with Gasteiger partial charge in [0, 0.05) is 0 Å². The third-order valence-electron chi connectivity index (χ3n) is 2.18. The highest BCUT2D eigenvalue weighted by atomic mass is 16.5. The topological polar surface area (TPSA) is 52.6 Å². The van der Waals surface area contributed by atoms with Crippen LogP contribution < -0.4 is 0 Å². The van der Waals surface area contributed by atoms with Gasteiger partial charge in [-0.15, -0.1) is 0 Å². The van der Waals surface area contributed by atoms with Gasteiger partial charge in [-0.05, 0) is 25.5 Å². The number of esters is 2. The lowest BCUT2D eigenvalue weighted by atomic mass is 10.1. The van der Waals surface area contributed by atoms with Crippen LogP contribution in [0.4, 0.5) is 0 Å². The van der Waals surface area contributed by atoms with E-state index in [-0.39, 0.29) is 0 Å². The minimum absolute atomic E-state index is 0.477. The molecule has 0 saturated carbocycles. The van der Waals surface area contributed by atoms with E-state index in [0.29, 0.717) is 5.56 Å². The van der Waals surface area contributed by atoms with Crippen molar-refractivity contribution < 1.29 is 19.1 Å². The van der Waals surface area contributed by atoms with E-state index in [2.05, 4.69) is 4.74 Å². The molecule has 4 nitrogen and oxygen atoms in total. The van der Waals surface area contributed by atoms with Crippen molar-refractivity contribution >= 4 is 11.9 Å². The van der Waals surface area contributed by atoms with E-state index in [9.17, 15) is 9.59 Å². The number of carbonyl (C=O) groups is 2. The van der Waals surface area contributed by atoms with E-state index in [4.69, 9.17) is 4.74 Å². The van der Waals surface area contributed by atoms with Crippen LogP contribution in [0.3, 0.4) is 0 Å². The summed E-state index contributed by atoms with van der Waals surface area (Å²) in [6, 6.07) is 5.41. The van der Waals surface area contributed by atoms with E-state index in [1.165, 1.54) is 7.11 Å². The second-order valence-corrected chi connectivity index (χ2v) is 3.55. The standard InChI is InChI=1S/C13H14O4/c1-9-4-5-11(10(2)8-9)13(15)17-7-6-12(14)16-3/h4-8H,1-3H3/b7-6-. The van der Waals surface area contributed by atoms with Crippen LogP contribution in [-0.2, 0) is 14.3 Å². The van der Waals surface area contributed by atoms with Crippen LogP contribution in [0.25, 0.3) is 0 Å². The van der Waals surface area contributed by atoms with Gasteiger partial charge in [-0.1, -0.05) is 17.7 Å². The summed E-state index contributed by atoms with van der Waals surface area (Å²) < 4.78 is 9.16. The van der Waals surface area contributed by atoms with E-state index < -0.39 is 11.9 Å². The lowest BCUT2D eigenvalue weighted by Crippen LogP contribution is -2.04. The Morgan fingerprint density at radius 1 is 1.24 bits per heavy atom. The van der Waals surface area contributed by atoms with Gasteiger partial charge in [0.15, 0.2) is 0 Å². The van der Waals surface area contributed by atoms with Crippen molar-refractivity contribution in [3.8, 4) is 0 Å². The average Bonchev–Trinajstić information content (AvgIpc) is 2.28. The first kappa shape index (κ1) is 13.0. The molecule has 0 aromatic heterocycles. The Kier molecular flexibility index (Phi) is 4.46. The maximum Gasteiger partial charge on any atom is 0.343 e. The van der Waals surface area contributed by atoms with E-state index >= 15 is 0 Å². The Morgan fingerprint density at radius 2 is 1.94 bits per heavy atom. The number of ether oxygens (including phenoxy) is 2. The number of hydrogen-bond donors (Lipinski definition) is 0. The molecule has 0 heterocycles. The van der Waals surface area contributed by atoms with Crippen LogP contribution in [0.1, 0.15) is 21.5 Å². The highest BCUT2D eigenvalue weighted by Gasteiger charge is 2.09. The molecule has 0 aliphatic carbocycles. The van der Waals surface area contributed by atoms with Gasteiger partial charge >= 0.3 is 11.9 Å². The molecular weight excluding hydrogens is 220 g/mol. The number of rotatable bonds is 3. The Hall–Kier alpha value is -2.10. The SMILES string of the molecule is COC(=O)/C=C\OC(=O)c1ccc(C)cc1C. The average molecular weight is 234 g/mol. The number of methoxy groups -OCH3 is 1. The number of carbonyl (C=O) groups excluding carboxylic acids is 2. The molecule has 0 spiro atoms. The highest BCUT2D eigenvalue weighted by molar-refractivity contribution is 5.92. The molecule has 0 aliphatic rings. The van der Waals surface area contributed by atoms with Gasteiger partial charge in [0.25, 0.3) is 0 Å². The van der Waals surface area contributed by atoms with Crippen LogP contribution in [-0.4, -0.2) is 19.0 Å². The Balaban J connectivity index is 2.71. The van der Waals surface area contributed by atoms with Crippen molar-refractivity contribution in [2.45, 2.75) is 13.8 Å². The first-order chi connectivity index (χ1) is 8.04. The summed E-state index contributed by atoms with van der Waals surface area (Å²) in [5.41, 5.74) is 2.38. The van der Waals surface area contributed by atoms with Crippen LogP contribution in [0.2, 0.25) is 0 Å². The fourth-order valence-corrected chi connectivity index (χ4v) is 1.33. The molecule has 0 N–H and O–H groups in total. The minimum atomic E-state index is -0.571. The second kappa shape index (κ2) is 5.84. The third-order valence-corrected chi connectivity index (χ3v) is 2.18. The summed E-state index contributed by atoms with van der Waals surface area (Å²) in [6.07, 6.45) is 2.06. The van der Waals surface area contributed by atoms with Crippen LogP contribution in [0, 0.1) is 13.8 Å². The van der Waals surface area contributed by atoms with Gasteiger partial charge in [-0.2, -0.15) is 0 Å². The maximum absolute atomic E-state index is 11.6. The largest absolute Gasteiger partial charge is 0.466 e. The molecule has 0 fully saturated rings. The van der Waals surface area contributed by atoms with Crippen molar-refractivity contribution in [2.24, 2.45) is 0 Å². The fourth-order valence-electron chi connectivity index (χ4n) is 1.33. The molecule has 0 amide bonds. The zero-order valence-electron chi connectivity index (χ0n) is 10.0. The molecule has 0 radical (unpaired) electrons. The summed E-state index contributed by atoms with van der Waals surface area (Å²) in [6.45, 7) is 3.77. The van der Waals surface area contributed by atoms with Crippen LogP contribution in [0.15, 0.2) is 30.5 Å². The molecule has 17 heavy (non-hydrogen) atoms. The molecule has 1 aromatic carbocycles. The van der Waals surface area contributed by atoms with Gasteiger partial charge in [0.2, 0.25) is 0 Å². The van der Waals surface area contributed by atoms with Crippen molar-refractivity contribution in [2.75, 3.05) is 7.11 Å². The molecule has 90 valence electrons. The smallest absolute Gasteiger partial charge is 0.343 e.